The van der Waals surface area contributed by atoms with Gasteiger partial charge in [0.15, 0.2) is 0 Å². The smallest absolute Gasteiger partial charge is 0.322 e. The summed E-state index contributed by atoms with van der Waals surface area (Å²) in [4.78, 5) is 24.0. The molecule has 1 fully saturated rings. The average molecular weight is 278 g/mol. The molecule has 0 saturated carbocycles. The van der Waals surface area contributed by atoms with Crippen molar-refractivity contribution in [3.63, 3.8) is 0 Å². The lowest BCUT2D eigenvalue weighted by atomic mass is 10.1. The molecule has 1 atom stereocenters. The number of aliphatic carboxylic acids is 1. The maximum Gasteiger partial charge on any atom is 0.322 e. The van der Waals surface area contributed by atoms with Crippen LogP contribution < -0.4 is 0 Å². The molecule has 1 aromatic rings. The Hall–Kier alpha value is -1.53. The van der Waals surface area contributed by atoms with Crippen LogP contribution in [0.4, 0.5) is 0 Å². The first-order valence-electron chi connectivity index (χ1n) is 6.94. The number of aromatic nitrogens is 2. The molecule has 0 spiro atoms. The van der Waals surface area contributed by atoms with Gasteiger partial charge in [0.05, 0.1) is 5.69 Å². The van der Waals surface area contributed by atoms with Gasteiger partial charge in [-0.2, -0.15) is 0 Å². The molecule has 6 nitrogen and oxygen atoms in total. The Balaban J connectivity index is 2.03. The van der Waals surface area contributed by atoms with Crippen molar-refractivity contribution < 1.29 is 9.90 Å². The number of carboxylic acid groups (broad SMARTS) is 1. The van der Waals surface area contributed by atoms with Crippen LogP contribution in [0.2, 0.25) is 0 Å². The maximum atomic E-state index is 11.2. The lowest BCUT2D eigenvalue weighted by Gasteiger charge is -2.36. The predicted octanol–water partition coefficient (Wildman–Crippen LogP) is 0.801. The average Bonchev–Trinajstić information content (AvgIpc) is 2.41. The molecule has 0 unspecified atom stereocenters. The molecule has 0 amide bonds. The van der Waals surface area contributed by atoms with Gasteiger partial charge in [-0.1, -0.05) is 13.8 Å². The second kappa shape index (κ2) is 6.28. The fraction of sp³-hybridized carbons (Fsp3) is 0.643. The normalized spacial score (nSPS) is 21.3. The van der Waals surface area contributed by atoms with E-state index in [0.717, 1.165) is 24.6 Å². The molecule has 0 bridgehead atoms. The fourth-order valence-electron chi connectivity index (χ4n) is 2.35. The SMILES string of the molecule is CC(C)c1nccc(CN2CCN(C)[C@H](C(=O)O)C2)n1. The van der Waals surface area contributed by atoms with E-state index in [2.05, 4.69) is 28.7 Å². The van der Waals surface area contributed by atoms with Gasteiger partial charge >= 0.3 is 5.97 Å². The van der Waals surface area contributed by atoms with Crippen molar-refractivity contribution >= 4 is 5.97 Å². The van der Waals surface area contributed by atoms with Gasteiger partial charge in [-0.05, 0) is 13.1 Å². The second-order valence-corrected chi connectivity index (χ2v) is 5.63. The predicted molar refractivity (Wildman–Crippen MR) is 75.5 cm³/mol. The lowest BCUT2D eigenvalue weighted by molar-refractivity contribution is -0.145. The molecule has 1 aromatic heterocycles. The fourth-order valence-corrected chi connectivity index (χ4v) is 2.35. The van der Waals surface area contributed by atoms with E-state index in [-0.39, 0.29) is 0 Å². The summed E-state index contributed by atoms with van der Waals surface area (Å²) in [5.41, 5.74) is 0.956. The Morgan fingerprint density at radius 2 is 2.25 bits per heavy atom. The van der Waals surface area contributed by atoms with Crippen LogP contribution in [0.3, 0.4) is 0 Å². The quantitative estimate of drug-likeness (QED) is 0.878. The first kappa shape index (κ1) is 14.9. The largest absolute Gasteiger partial charge is 0.480 e. The minimum atomic E-state index is -0.761. The summed E-state index contributed by atoms with van der Waals surface area (Å²) in [5.74, 6) is 0.378. The van der Waals surface area contributed by atoms with Crippen LogP contribution in [0.15, 0.2) is 12.3 Å². The van der Waals surface area contributed by atoms with Crippen LogP contribution in [0, 0.1) is 0 Å². The number of hydrogen-bond acceptors (Lipinski definition) is 5. The molecule has 0 radical (unpaired) electrons. The summed E-state index contributed by atoms with van der Waals surface area (Å²) in [6.45, 7) is 6.97. The molecule has 20 heavy (non-hydrogen) atoms. The number of piperazine rings is 1. The van der Waals surface area contributed by atoms with E-state index in [1.807, 2.05) is 18.0 Å². The Bertz CT molecular complexity index is 478. The van der Waals surface area contributed by atoms with E-state index in [0.29, 0.717) is 19.0 Å². The van der Waals surface area contributed by atoms with Gasteiger partial charge in [-0.25, -0.2) is 9.97 Å². The van der Waals surface area contributed by atoms with E-state index < -0.39 is 12.0 Å². The zero-order chi connectivity index (χ0) is 14.7. The van der Waals surface area contributed by atoms with Gasteiger partial charge < -0.3 is 5.11 Å². The van der Waals surface area contributed by atoms with Gasteiger partial charge in [-0.3, -0.25) is 14.6 Å². The van der Waals surface area contributed by atoms with E-state index in [9.17, 15) is 9.90 Å². The minimum Gasteiger partial charge on any atom is -0.480 e. The van der Waals surface area contributed by atoms with Crippen molar-refractivity contribution in [3.05, 3.63) is 23.8 Å². The Kier molecular flexibility index (Phi) is 4.67. The van der Waals surface area contributed by atoms with Gasteiger partial charge in [0.1, 0.15) is 11.9 Å². The first-order chi connectivity index (χ1) is 9.47. The first-order valence-corrected chi connectivity index (χ1v) is 6.94. The zero-order valence-electron chi connectivity index (χ0n) is 12.3. The molecule has 1 saturated heterocycles. The number of hydrogen-bond donors (Lipinski definition) is 1. The Morgan fingerprint density at radius 3 is 2.90 bits per heavy atom. The molecule has 2 heterocycles. The Labute approximate surface area is 119 Å². The van der Waals surface area contributed by atoms with Gasteiger partial charge in [0, 0.05) is 38.3 Å². The van der Waals surface area contributed by atoms with Crippen LogP contribution in [0.5, 0.6) is 0 Å². The molecular weight excluding hydrogens is 256 g/mol. The van der Waals surface area contributed by atoms with E-state index in [4.69, 9.17) is 0 Å². The van der Waals surface area contributed by atoms with Crippen molar-refractivity contribution in [3.8, 4) is 0 Å². The monoisotopic (exact) mass is 278 g/mol. The summed E-state index contributed by atoms with van der Waals surface area (Å²) in [7, 11) is 1.86. The molecule has 6 heteroatoms. The van der Waals surface area contributed by atoms with Crippen molar-refractivity contribution in [1.29, 1.82) is 0 Å². The van der Waals surface area contributed by atoms with Crippen LogP contribution in [0.1, 0.15) is 31.3 Å². The van der Waals surface area contributed by atoms with E-state index in [1.165, 1.54) is 0 Å². The van der Waals surface area contributed by atoms with Crippen LogP contribution in [-0.2, 0) is 11.3 Å². The molecule has 1 N–H and O–H groups in total. The van der Waals surface area contributed by atoms with Crippen molar-refractivity contribution in [2.24, 2.45) is 0 Å². The van der Waals surface area contributed by atoms with Crippen molar-refractivity contribution in [1.82, 2.24) is 19.8 Å². The molecular formula is C14H22N4O2. The number of carbonyl (C=O) groups is 1. The molecule has 1 aliphatic heterocycles. The topological polar surface area (TPSA) is 69.6 Å². The van der Waals surface area contributed by atoms with E-state index in [1.54, 1.807) is 6.20 Å². The minimum absolute atomic E-state index is 0.300. The third kappa shape index (κ3) is 3.52. The summed E-state index contributed by atoms with van der Waals surface area (Å²) in [6.07, 6.45) is 1.78. The van der Waals surface area contributed by atoms with Gasteiger partial charge in [0.2, 0.25) is 0 Å². The van der Waals surface area contributed by atoms with Crippen LogP contribution >= 0.6 is 0 Å². The Morgan fingerprint density at radius 1 is 1.50 bits per heavy atom. The molecule has 2 rings (SSSR count). The van der Waals surface area contributed by atoms with E-state index >= 15 is 0 Å². The molecule has 0 aromatic carbocycles. The highest BCUT2D eigenvalue weighted by atomic mass is 16.4. The number of carboxylic acids is 1. The summed E-state index contributed by atoms with van der Waals surface area (Å²) in [5, 5.41) is 9.22. The summed E-state index contributed by atoms with van der Waals surface area (Å²) >= 11 is 0. The third-order valence-electron chi connectivity index (χ3n) is 3.65. The number of likely N-dealkylation sites (N-methyl/N-ethyl adjacent to an activating group) is 1. The van der Waals surface area contributed by atoms with Crippen LogP contribution in [0.25, 0.3) is 0 Å². The standard InChI is InChI=1S/C14H22N4O2/c1-10(2)13-15-5-4-11(16-13)8-18-7-6-17(3)12(9-18)14(19)20/h4-5,10,12H,6-9H2,1-3H3,(H,19,20)/t12-/m0/s1. The molecule has 0 aliphatic carbocycles. The lowest BCUT2D eigenvalue weighted by Crippen LogP contribution is -2.54. The molecule has 1 aliphatic rings. The van der Waals surface area contributed by atoms with Crippen LogP contribution in [-0.4, -0.2) is 63.6 Å². The maximum absolute atomic E-state index is 11.2. The highest BCUT2D eigenvalue weighted by molar-refractivity contribution is 5.73. The zero-order valence-corrected chi connectivity index (χ0v) is 12.3. The van der Waals surface area contributed by atoms with Gasteiger partial charge in [0.25, 0.3) is 0 Å². The summed E-state index contributed by atoms with van der Waals surface area (Å²) in [6, 6.07) is 1.47. The highest BCUT2D eigenvalue weighted by Gasteiger charge is 2.29. The number of nitrogens with zero attached hydrogens (tertiary/aromatic N) is 4. The third-order valence-corrected chi connectivity index (χ3v) is 3.65. The summed E-state index contributed by atoms with van der Waals surface area (Å²) < 4.78 is 0. The second-order valence-electron chi connectivity index (χ2n) is 5.63. The number of rotatable bonds is 4. The van der Waals surface area contributed by atoms with Crippen molar-refractivity contribution in [2.75, 3.05) is 26.7 Å². The highest BCUT2D eigenvalue weighted by Crippen LogP contribution is 2.13. The van der Waals surface area contributed by atoms with Gasteiger partial charge in [-0.15, -0.1) is 0 Å². The van der Waals surface area contributed by atoms with Crippen molar-refractivity contribution in [2.45, 2.75) is 32.4 Å². The molecule has 110 valence electrons.